The molecule has 1 rings (SSSR count). The van der Waals surface area contributed by atoms with E-state index in [1.165, 1.54) is 6.20 Å². The monoisotopic (exact) mass is 189 g/mol. The van der Waals surface area contributed by atoms with Gasteiger partial charge in [-0.1, -0.05) is 6.92 Å². The maximum absolute atomic E-state index is 12.4. The molecular formula is C9H10F3N. The van der Waals surface area contributed by atoms with Crippen LogP contribution < -0.4 is 0 Å². The molecule has 0 aliphatic heterocycles. The highest BCUT2D eigenvalue weighted by Crippen LogP contribution is 2.32. The van der Waals surface area contributed by atoms with Crippen LogP contribution >= 0.6 is 0 Å². The molecule has 0 radical (unpaired) electrons. The lowest BCUT2D eigenvalue weighted by molar-refractivity contribution is -0.138. The summed E-state index contributed by atoms with van der Waals surface area (Å²) >= 11 is 0. The van der Waals surface area contributed by atoms with Crippen LogP contribution in [0.3, 0.4) is 0 Å². The zero-order chi connectivity index (χ0) is 10.1. The molecule has 0 saturated heterocycles. The highest BCUT2D eigenvalue weighted by molar-refractivity contribution is 5.32. The van der Waals surface area contributed by atoms with Crippen LogP contribution in [-0.4, -0.2) is 4.98 Å². The van der Waals surface area contributed by atoms with E-state index in [9.17, 15) is 13.2 Å². The number of pyridine rings is 1. The van der Waals surface area contributed by atoms with Crippen molar-refractivity contribution in [3.63, 3.8) is 0 Å². The second-order valence-corrected chi connectivity index (χ2v) is 2.83. The smallest absolute Gasteiger partial charge is 0.264 e. The Labute approximate surface area is 74.6 Å². The van der Waals surface area contributed by atoms with Crippen LogP contribution in [0.15, 0.2) is 12.4 Å². The molecular weight excluding hydrogens is 179 g/mol. The summed E-state index contributed by atoms with van der Waals surface area (Å²) in [7, 11) is 0. The molecule has 0 aliphatic rings. The minimum absolute atomic E-state index is 0.336. The molecule has 0 N–H and O–H groups in total. The second kappa shape index (κ2) is 3.36. The quantitative estimate of drug-likeness (QED) is 0.661. The number of rotatable bonds is 1. The summed E-state index contributed by atoms with van der Waals surface area (Å²) in [6, 6.07) is 0. The molecule has 0 unspecified atom stereocenters. The second-order valence-electron chi connectivity index (χ2n) is 2.83. The van der Waals surface area contributed by atoms with Crippen LogP contribution in [0, 0.1) is 6.92 Å². The summed E-state index contributed by atoms with van der Waals surface area (Å²) in [5.41, 5.74) is 0.315. The minimum atomic E-state index is -4.29. The lowest BCUT2D eigenvalue weighted by Gasteiger charge is -2.12. The van der Waals surface area contributed by atoms with Gasteiger partial charge in [-0.15, -0.1) is 0 Å². The van der Waals surface area contributed by atoms with E-state index >= 15 is 0 Å². The van der Waals surface area contributed by atoms with Crippen molar-refractivity contribution in [1.29, 1.82) is 0 Å². The highest BCUT2D eigenvalue weighted by Gasteiger charge is 2.33. The maximum Gasteiger partial charge on any atom is 0.418 e. The van der Waals surface area contributed by atoms with Gasteiger partial charge in [0.15, 0.2) is 0 Å². The average molecular weight is 189 g/mol. The third-order valence-corrected chi connectivity index (χ3v) is 1.93. The van der Waals surface area contributed by atoms with Crippen LogP contribution in [0.2, 0.25) is 0 Å². The molecule has 0 atom stereocenters. The molecule has 1 aromatic heterocycles. The van der Waals surface area contributed by atoms with E-state index in [-0.39, 0.29) is 0 Å². The molecule has 0 aromatic carbocycles. The molecule has 0 amide bonds. The third-order valence-electron chi connectivity index (χ3n) is 1.93. The fourth-order valence-corrected chi connectivity index (χ4v) is 1.31. The van der Waals surface area contributed by atoms with Crippen molar-refractivity contribution in [3.8, 4) is 0 Å². The minimum Gasteiger partial charge on any atom is -0.264 e. The molecule has 1 aromatic rings. The normalized spacial score (nSPS) is 11.8. The van der Waals surface area contributed by atoms with Crippen molar-refractivity contribution < 1.29 is 13.2 Å². The Kier molecular flexibility index (Phi) is 2.59. The Morgan fingerprint density at radius 2 is 1.92 bits per heavy atom. The predicted octanol–water partition coefficient (Wildman–Crippen LogP) is 2.97. The Balaban J connectivity index is 3.29. The Morgan fingerprint density at radius 3 is 2.31 bits per heavy atom. The van der Waals surface area contributed by atoms with Crippen molar-refractivity contribution in [1.82, 2.24) is 4.98 Å². The summed E-state index contributed by atoms with van der Waals surface area (Å²) in [6.45, 7) is 3.35. The largest absolute Gasteiger partial charge is 0.418 e. The number of aromatic nitrogens is 1. The van der Waals surface area contributed by atoms with Crippen molar-refractivity contribution >= 4 is 0 Å². The van der Waals surface area contributed by atoms with Gasteiger partial charge in [0.25, 0.3) is 0 Å². The third kappa shape index (κ3) is 1.99. The molecule has 1 heterocycles. The first-order valence-electron chi connectivity index (χ1n) is 3.97. The first-order valence-corrected chi connectivity index (χ1v) is 3.97. The van der Waals surface area contributed by atoms with E-state index in [1.54, 1.807) is 13.8 Å². The summed E-state index contributed by atoms with van der Waals surface area (Å²) < 4.78 is 37.1. The average Bonchev–Trinajstić information content (AvgIpc) is 2.02. The van der Waals surface area contributed by atoms with E-state index in [0.29, 0.717) is 17.5 Å². The van der Waals surface area contributed by atoms with Crippen molar-refractivity contribution in [2.75, 3.05) is 0 Å². The van der Waals surface area contributed by atoms with Crippen molar-refractivity contribution in [2.24, 2.45) is 0 Å². The highest BCUT2D eigenvalue weighted by atomic mass is 19.4. The number of alkyl halides is 3. The molecule has 4 heteroatoms. The first kappa shape index (κ1) is 10.0. The Hall–Kier alpha value is -1.06. The molecule has 0 spiro atoms. The number of hydrogen-bond acceptors (Lipinski definition) is 1. The number of aryl methyl sites for hydroxylation is 1. The molecule has 0 saturated carbocycles. The summed E-state index contributed by atoms with van der Waals surface area (Å²) in [5.74, 6) is 0. The SMILES string of the molecule is CCc1c(C)cncc1C(F)(F)F. The number of nitrogens with zero attached hydrogens (tertiary/aromatic N) is 1. The van der Waals surface area contributed by atoms with Gasteiger partial charge in [-0.2, -0.15) is 13.2 Å². The lowest BCUT2D eigenvalue weighted by Crippen LogP contribution is -2.10. The first-order chi connectivity index (χ1) is 5.96. The fraction of sp³-hybridized carbons (Fsp3) is 0.444. The van der Waals surface area contributed by atoms with Gasteiger partial charge in [0, 0.05) is 12.4 Å². The van der Waals surface area contributed by atoms with Gasteiger partial charge >= 0.3 is 6.18 Å². The number of halogens is 3. The topological polar surface area (TPSA) is 12.9 Å². The molecule has 0 bridgehead atoms. The zero-order valence-electron chi connectivity index (χ0n) is 7.44. The summed E-state index contributed by atoms with van der Waals surface area (Å²) in [6.07, 6.45) is -1.58. The van der Waals surface area contributed by atoms with Gasteiger partial charge in [0.05, 0.1) is 5.56 Å². The summed E-state index contributed by atoms with van der Waals surface area (Å²) in [4.78, 5) is 3.54. The van der Waals surface area contributed by atoms with E-state index in [0.717, 1.165) is 6.20 Å². The van der Waals surface area contributed by atoms with Gasteiger partial charge in [-0.25, -0.2) is 0 Å². The summed E-state index contributed by atoms with van der Waals surface area (Å²) in [5, 5.41) is 0. The van der Waals surface area contributed by atoms with E-state index < -0.39 is 11.7 Å². The van der Waals surface area contributed by atoms with Crippen molar-refractivity contribution in [3.05, 3.63) is 29.1 Å². The fourth-order valence-electron chi connectivity index (χ4n) is 1.31. The molecule has 13 heavy (non-hydrogen) atoms. The molecule has 0 aliphatic carbocycles. The van der Waals surface area contributed by atoms with Gasteiger partial charge in [-0.05, 0) is 24.5 Å². The zero-order valence-corrected chi connectivity index (χ0v) is 7.44. The number of hydrogen-bond donors (Lipinski definition) is 0. The van der Waals surface area contributed by atoms with Crippen LogP contribution in [0.4, 0.5) is 13.2 Å². The van der Waals surface area contributed by atoms with Crippen LogP contribution in [0.5, 0.6) is 0 Å². The van der Waals surface area contributed by atoms with E-state index in [2.05, 4.69) is 4.98 Å². The Morgan fingerprint density at radius 1 is 1.31 bits per heavy atom. The van der Waals surface area contributed by atoms with Gasteiger partial charge in [0.1, 0.15) is 0 Å². The predicted molar refractivity (Wildman–Crippen MR) is 43.4 cm³/mol. The molecule has 0 fully saturated rings. The standard InChI is InChI=1S/C9H10F3N/c1-3-7-6(2)4-13-5-8(7)9(10,11)12/h4-5H,3H2,1-2H3. The molecule has 72 valence electrons. The van der Waals surface area contributed by atoms with Crippen molar-refractivity contribution in [2.45, 2.75) is 26.4 Å². The Bertz CT molecular complexity index is 304. The van der Waals surface area contributed by atoms with Crippen LogP contribution in [0.1, 0.15) is 23.6 Å². The van der Waals surface area contributed by atoms with Crippen LogP contribution in [0.25, 0.3) is 0 Å². The van der Waals surface area contributed by atoms with Crippen LogP contribution in [-0.2, 0) is 12.6 Å². The van der Waals surface area contributed by atoms with Gasteiger partial charge in [-0.3, -0.25) is 4.98 Å². The van der Waals surface area contributed by atoms with E-state index in [4.69, 9.17) is 0 Å². The lowest BCUT2D eigenvalue weighted by atomic mass is 10.0. The van der Waals surface area contributed by atoms with E-state index in [1.807, 2.05) is 0 Å². The maximum atomic E-state index is 12.4. The molecule has 1 nitrogen and oxygen atoms in total. The van der Waals surface area contributed by atoms with Gasteiger partial charge < -0.3 is 0 Å². The van der Waals surface area contributed by atoms with Gasteiger partial charge in [0.2, 0.25) is 0 Å².